The SMILES string of the molecule is CN(Cc1cn(-c2ccccc2)nc1-c1ccccc1)C(=O)c1cc[n+]([O-])cc1. The molecule has 0 saturated heterocycles. The van der Waals surface area contributed by atoms with E-state index in [0.29, 0.717) is 16.8 Å². The molecule has 29 heavy (non-hydrogen) atoms. The normalized spacial score (nSPS) is 10.7. The lowest BCUT2D eigenvalue weighted by molar-refractivity contribution is -0.605. The molecule has 2 aromatic carbocycles. The lowest BCUT2D eigenvalue weighted by Crippen LogP contribution is -2.29. The van der Waals surface area contributed by atoms with E-state index in [1.165, 1.54) is 24.5 Å². The van der Waals surface area contributed by atoms with Gasteiger partial charge >= 0.3 is 0 Å². The molecule has 6 nitrogen and oxygen atoms in total. The number of hydrogen-bond acceptors (Lipinski definition) is 3. The Labute approximate surface area is 168 Å². The van der Waals surface area contributed by atoms with E-state index in [1.807, 2.05) is 71.5 Å². The van der Waals surface area contributed by atoms with Gasteiger partial charge in [-0.15, -0.1) is 0 Å². The number of amides is 1. The number of pyridine rings is 1. The molecule has 0 fully saturated rings. The van der Waals surface area contributed by atoms with E-state index in [1.54, 1.807) is 11.9 Å². The van der Waals surface area contributed by atoms with Crippen molar-refractivity contribution < 1.29 is 9.52 Å². The molecule has 0 aliphatic heterocycles. The second-order valence-corrected chi connectivity index (χ2v) is 6.76. The number of rotatable bonds is 5. The van der Waals surface area contributed by atoms with Gasteiger partial charge in [-0.1, -0.05) is 48.5 Å². The maximum Gasteiger partial charge on any atom is 0.254 e. The highest BCUT2D eigenvalue weighted by atomic mass is 16.5. The van der Waals surface area contributed by atoms with Gasteiger partial charge in [0.1, 0.15) is 0 Å². The van der Waals surface area contributed by atoms with Crippen molar-refractivity contribution in [3.8, 4) is 16.9 Å². The number of carbonyl (C=O) groups excluding carboxylic acids is 1. The summed E-state index contributed by atoms with van der Waals surface area (Å²) in [6.45, 7) is 0.391. The molecule has 0 bridgehead atoms. The molecule has 6 heteroatoms. The summed E-state index contributed by atoms with van der Waals surface area (Å²) in [5.74, 6) is -0.155. The van der Waals surface area contributed by atoms with Crippen LogP contribution in [0.4, 0.5) is 0 Å². The minimum Gasteiger partial charge on any atom is -0.619 e. The van der Waals surface area contributed by atoms with E-state index < -0.39 is 0 Å². The molecule has 0 atom stereocenters. The molecule has 2 aromatic heterocycles. The van der Waals surface area contributed by atoms with Crippen LogP contribution in [0.2, 0.25) is 0 Å². The van der Waals surface area contributed by atoms with Crippen molar-refractivity contribution in [1.82, 2.24) is 14.7 Å². The third kappa shape index (κ3) is 4.01. The van der Waals surface area contributed by atoms with Gasteiger partial charge in [0, 0.05) is 43.0 Å². The van der Waals surface area contributed by atoms with E-state index in [-0.39, 0.29) is 5.91 Å². The number of aromatic nitrogens is 3. The quantitative estimate of drug-likeness (QED) is 0.391. The molecule has 0 unspecified atom stereocenters. The molecule has 0 radical (unpaired) electrons. The first-order valence-electron chi connectivity index (χ1n) is 9.25. The fourth-order valence-corrected chi connectivity index (χ4v) is 3.18. The lowest BCUT2D eigenvalue weighted by atomic mass is 10.1. The van der Waals surface area contributed by atoms with Crippen molar-refractivity contribution in [2.24, 2.45) is 0 Å². The number of nitrogens with zero attached hydrogens (tertiary/aromatic N) is 4. The monoisotopic (exact) mass is 384 g/mol. The standard InChI is InChI=1S/C23H20N4O2/c1-25(23(28)19-12-14-26(29)15-13-19)16-20-17-27(21-10-6-3-7-11-21)24-22(20)18-8-4-2-5-9-18/h2-15,17H,16H2,1H3. The summed E-state index contributed by atoms with van der Waals surface area (Å²) >= 11 is 0. The van der Waals surface area contributed by atoms with Gasteiger partial charge in [0.25, 0.3) is 5.91 Å². The predicted octanol–water partition coefficient (Wildman–Crippen LogP) is 3.44. The second kappa shape index (κ2) is 7.98. The summed E-state index contributed by atoms with van der Waals surface area (Å²) in [4.78, 5) is 14.4. The molecule has 0 N–H and O–H groups in total. The summed E-state index contributed by atoms with van der Waals surface area (Å²) in [6, 6.07) is 22.8. The second-order valence-electron chi connectivity index (χ2n) is 6.76. The van der Waals surface area contributed by atoms with Gasteiger partial charge in [0.05, 0.1) is 16.9 Å². The van der Waals surface area contributed by atoms with E-state index >= 15 is 0 Å². The number of para-hydroxylation sites is 1. The Morgan fingerprint density at radius 1 is 1.00 bits per heavy atom. The minimum atomic E-state index is -0.155. The van der Waals surface area contributed by atoms with Gasteiger partial charge in [0.15, 0.2) is 12.4 Å². The Balaban J connectivity index is 1.67. The van der Waals surface area contributed by atoms with Crippen molar-refractivity contribution in [2.45, 2.75) is 6.54 Å². The first-order valence-corrected chi connectivity index (χ1v) is 9.25. The fourth-order valence-electron chi connectivity index (χ4n) is 3.18. The molecule has 0 aliphatic carbocycles. The molecule has 144 valence electrons. The van der Waals surface area contributed by atoms with Crippen LogP contribution >= 0.6 is 0 Å². The lowest BCUT2D eigenvalue weighted by Gasteiger charge is -2.17. The van der Waals surface area contributed by atoms with Crippen LogP contribution in [-0.4, -0.2) is 27.6 Å². The maximum absolute atomic E-state index is 12.8. The molecular formula is C23H20N4O2. The highest BCUT2D eigenvalue weighted by Crippen LogP contribution is 2.25. The van der Waals surface area contributed by atoms with Crippen LogP contribution < -0.4 is 4.73 Å². The van der Waals surface area contributed by atoms with Crippen LogP contribution in [0.15, 0.2) is 91.4 Å². The van der Waals surface area contributed by atoms with Crippen molar-refractivity contribution in [1.29, 1.82) is 0 Å². The number of carbonyl (C=O) groups is 1. The van der Waals surface area contributed by atoms with Crippen LogP contribution in [0, 0.1) is 5.21 Å². The van der Waals surface area contributed by atoms with Crippen molar-refractivity contribution in [3.05, 3.63) is 108 Å². The molecule has 4 aromatic rings. The Hall–Kier alpha value is -3.93. The van der Waals surface area contributed by atoms with Crippen LogP contribution in [-0.2, 0) is 6.54 Å². The topological polar surface area (TPSA) is 65.1 Å². The third-order valence-electron chi connectivity index (χ3n) is 4.66. The van der Waals surface area contributed by atoms with Crippen LogP contribution in [0.1, 0.15) is 15.9 Å². The zero-order valence-corrected chi connectivity index (χ0v) is 16.0. The molecule has 2 heterocycles. The van der Waals surface area contributed by atoms with Crippen molar-refractivity contribution >= 4 is 5.91 Å². The Morgan fingerprint density at radius 2 is 1.62 bits per heavy atom. The van der Waals surface area contributed by atoms with Gasteiger partial charge < -0.3 is 10.1 Å². The van der Waals surface area contributed by atoms with E-state index in [9.17, 15) is 10.0 Å². The highest BCUT2D eigenvalue weighted by molar-refractivity contribution is 5.93. The van der Waals surface area contributed by atoms with Gasteiger partial charge in [-0.25, -0.2) is 4.68 Å². The zero-order chi connectivity index (χ0) is 20.2. The Morgan fingerprint density at radius 3 is 2.28 bits per heavy atom. The van der Waals surface area contributed by atoms with E-state index in [0.717, 1.165) is 22.5 Å². The van der Waals surface area contributed by atoms with Crippen molar-refractivity contribution in [2.75, 3.05) is 7.05 Å². The zero-order valence-electron chi connectivity index (χ0n) is 16.0. The summed E-state index contributed by atoms with van der Waals surface area (Å²) in [6.07, 6.45) is 4.60. The molecule has 4 rings (SSSR count). The molecule has 0 spiro atoms. The first kappa shape index (κ1) is 18.4. The molecule has 0 aliphatic rings. The summed E-state index contributed by atoms with van der Waals surface area (Å²) in [5, 5.41) is 16.0. The van der Waals surface area contributed by atoms with Crippen LogP contribution in [0.25, 0.3) is 16.9 Å². The first-order chi connectivity index (χ1) is 14.1. The van der Waals surface area contributed by atoms with Crippen LogP contribution in [0.5, 0.6) is 0 Å². The largest absolute Gasteiger partial charge is 0.619 e. The maximum atomic E-state index is 12.8. The molecular weight excluding hydrogens is 364 g/mol. The Kier molecular flexibility index (Phi) is 5.07. The molecule has 1 amide bonds. The average Bonchev–Trinajstić information content (AvgIpc) is 3.19. The average molecular weight is 384 g/mol. The van der Waals surface area contributed by atoms with Gasteiger partial charge in [-0.05, 0) is 12.1 Å². The van der Waals surface area contributed by atoms with Crippen molar-refractivity contribution in [3.63, 3.8) is 0 Å². The van der Waals surface area contributed by atoms with Crippen LogP contribution in [0.3, 0.4) is 0 Å². The highest BCUT2D eigenvalue weighted by Gasteiger charge is 2.18. The van der Waals surface area contributed by atoms with E-state index in [2.05, 4.69) is 0 Å². The predicted molar refractivity (Wildman–Crippen MR) is 110 cm³/mol. The van der Waals surface area contributed by atoms with Gasteiger partial charge in [-0.2, -0.15) is 9.83 Å². The van der Waals surface area contributed by atoms with Gasteiger partial charge in [0.2, 0.25) is 0 Å². The summed E-state index contributed by atoms with van der Waals surface area (Å²) < 4.78 is 2.49. The van der Waals surface area contributed by atoms with Gasteiger partial charge in [-0.3, -0.25) is 4.79 Å². The summed E-state index contributed by atoms with van der Waals surface area (Å²) in [7, 11) is 1.75. The minimum absolute atomic E-state index is 0.155. The Bertz CT molecular complexity index is 1110. The smallest absolute Gasteiger partial charge is 0.254 e. The fraction of sp³-hybridized carbons (Fsp3) is 0.0870. The number of benzene rings is 2. The number of hydrogen-bond donors (Lipinski definition) is 0. The summed E-state index contributed by atoms with van der Waals surface area (Å²) in [5.41, 5.74) is 4.18. The third-order valence-corrected chi connectivity index (χ3v) is 4.66. The molecule has 0 saturated carbocycles. The van der Waals surface area contributed by atoms with E-state index in [4.69, 9.17) is 5.10 Å².